The molecule has 0 spiro atoms. The Labute approximate surface area is 90.4 Å². The van der Waals surface area contributed by atoms with Gasteiger partial charge in [-0.3, -0.25) is 4.79 Å². The molecule has 10 heavy (non-hydrogen) atoms. The monoisotopic (exact) mass is 162 g/mol. The topological polar surface area (TPSA) is 17.1 Å². The molecule has 0 saturated carbocycles. The van der Waals surface area contributed by atoms with Gasteiger partial charge in [-0.2, -0.15) is 0 Å². The molecule has 1 aromatic rings. The van der Waals surface area contributed by atoms with E-state index in [0.29, 0.717) is 0 Å². The van der Waals surface area contributed by atoms with Gasteiger partial charge in [0.05, 0.1) is 0 Å². The first kappa shape index (κ1) is 10.1. The maximum absolute atomic E-state index is 10.6. The van der Waals surface area contributed by atoms with E-state index in [9.17, 15) is 4.79 Å². The maximum atomic E-state index is 10.6. The second-order valence-corrected chi connectivity index (χ2v) is 1.92. The zero-order valence-corrected chi connectivity index (χ0v) is 5.29. The van der Waals surface area contributed by atoms with Gasteiger partial charge < -0.3 is 0 Å². The number of Topliss-reactive ketones (excluding diaryl/α,β-unsaturated/α-hetero) is 1. The van der Waals surface area contributed by atoms with E-state index in [1.165, 1.54) is 0 Å². The molecule has 1 rings (SSSR count). The van der Waals surface area contributed by atoms with E-state index in [0.717, 1.165) is 5.56 Å². The molecule has 0 bridgehead atoms. The molecule has 0 saturated heterocycles. The van der Waals surface area contributed by atoms with E-state index in [-0.39, 0.29) is 43.5 Å². The summed E-state index contributed by atoms with van der Waals surface area (Å²) in [6.07, 6.45) is 0. The van der Waals surface area contributed by atoms with Crippen LogP contribution < -0.4 is 0 Å². The summed E-state index contributed by atoms with van der Waals surface area (Å²) >= 11 is 0. The Morgan fingerprint density at radius 3 is 2.00 bits per heavy atom. The van der Waals surface area contributed by atoms with Crippen LogP contribution in [-0.4, -0.2) is 43.5 Å². The van der Waals surface area contributed by atoms with Crippen LogP contribution in [0.15, 0.2) is 30.3 Å². The fourth-order valence-corrected chi connectivity index (χ4v) is 0.673. The Morgan fingerprint density at radius 1 is 1.20 bits per heavy atom. The Morgan fingerprint density at radius 2 is 1.70 bits per heavy atom. The number of hydrogen-bond donors (Lipinski definition) is 0. The van der Waals surface area contributed by atoms with Gasteiger partial charge in [0.25, 0.3) is 0 Å². The molecule has 0 radical (unpaired) electrons. The average molecular weight is 162 g/mol. The van der Waals surface area contributed by atoms with E-state index >= 15 is 0 Å². The van der Waals surface area contributed by atoms with Crippen molar-refractivity contribution in [2.75, 3.05) is 0 Å². The second-order valence-electron chi connectivity index (χ2n) is 1.92. The first-order valence-corrected chi connectivity index (χ1v) is 2.86. The van der Waals surface area contributed by atoms with E-state index in [1.807, 2.05) is 30.3 Å². The normalized spacial score (nSPS) is 8.10. The molecule has 1 aromatic carbocycles. The zero-order valence-electron chi connectivity index (χ0n) is 5.29. The predicted octanol–water partition coefficient (Wildman–Crippen LogP) is 0.973. The van der Waals surface area contributed by atoms with Gasteiger partial charge in [0.15, 0.2) is 5.78 Å². The van der Waals surface area contributed by atoms with E-state index in [1.54, 1.807) is 6.92 Å². The van der Waals surface area contributed by atoms with Gasteiger partial charge in [-0.25, -0.2) is 0 Å². The van der Waals surface area contributed by atoms with Crippen molar-refractivity contribution in [1.82, 2.24) is 0 Å². The van der Waals surface area contributed by atoms with Crippen LogP contribution in [0.5, 0.6) is 0 Å². The van der Waals surface area contributed by atoms with Crippen LogP contribution in [0.4, 0.5) is 0 Å². The zero-order chi connectivity index (χ0) is 6.69. The summed E-state index contributed by atoms with van der Waals surface area (Å²) in [5.74, 6) is 0.121. The molecule has 0 fully saturated rings. The summed E-state index contributed by atoms with van der Waals surface area (Å²) in [6.45, 7) is 1.56. The quantitative estimate of drug-likeness (QED) is 0.444. The third-order valence-corrected chi connectivity index (χ3v) is 1.18. The standard InChI is InChI=1S/C8H8O.Ca.2H/c1-7(9)8-5-3-2-4-6-8;;;/h2-6H,1H3;;;. The minimum atomic E-state index is 0. The minimum absolute atomic E-state index is 0. The Bertz CT molecular complexity index is 206. The first-order chi connectivity index (χ1) is 4.30. The number of hydrogen-bond acceptors (Lipinski definition) is 1. The molecule has 0 aliphatic rings. The summed E-state index contributed by atoms with van der Waals surface area (Å²) in [7, 11) is 0. The molecule has 50 valence electrons. The van der Waals surface area contributed by atoms with Gasteiger partial charge >= 0.3 is 37.7 Å². The van der Waals surface area contributed by atoms with Crippen LogP contribution in [0.25, 0.3) is 0 Å². The second kappa shape index (κ2) is 4.89. The molecule has 1 nitrogen and oxygen atoms in total. The van der Waals surface area contributed by atoms with E-state index < -0.39 is 0 Å². The molecule has 2 heteroatoms. The number of carbonyl (C=O) groups is 1. The molecule has 0 atom stereocenters. The van der Waals surface area contributed by atoms with Crippen molar-refractivity contribution in [3.8, 4) is 0 Å². The average Bonchev–Trinajstić information content (AvgIpc) is 1.90. The SMILES string of the molecule is CC(=O)c1ccccc1.[CaH2]. The van der Waals surface area contributed by atoms with Gasteiger partial charge in [-0.1, -0.05) is 30.3 Å². The molecular formula is C8H10CaO. The molecule has 0 aromatic heterocycles. The molecule has 0 amide bonds. The summed E-state index contributed by atoms with van der Waals surface area (Å²) in [5.41, 5.74) is 0.775. The van der Waals surface area contributed by atoms with Crippen LogP contribution in [0.2, 0.25) is 0 Å². The van der Waals surface area contributed by atoms with E-state index in [4.69, 9.17) is 0 Å². The van der Waals surface area contributed by atoms with Crippen LogP contribution in [0, 0.1) is 0 Å². The fraction of sp³-hybridized carbons (Fsp3) is 0.125. The number of carbonyl (C=O) groups excluding carboxylic acids is 1. The van der Waals surface area contributed by atoms with Crippen LogP contribution >= 0.6 is 0 Å². The van der Waals surface area contributed by atoms with Gasteiger partial charge in [-0.15, -0.1) is 0 Å². The van der Waals surface area contributed by atoms with Crippen molar-refractivity contribution in [3.63, 3.8) is 0 Å². The Balaban J connectivity index is 0.000000810. The third-order valence-electron chi connectivity index (χ3n) is 1.18. The van der Waals surface area contributed by atoms with Gasteiger partial charge in [0.2, 0.25) is 0 Å². The van der Waals surface area contributed by atoms with Crippen LogP contribution in [-0.2, 0) is 0 Å². The van der Waals surface area contributed by atoms with Gasteiger partial charge in [0, 0.05) is 5.56 Å². The molecule has 0 N–H and O–H groups in total. The number of rotatable bonds is 1. The van der Waals surface area contributed by atoms with Gasteiger partial charge in [0.1, 0.15) is 0 Å². The van der Waals surface area contributed by atoms with Gasteiger partial charge in [-0.05, 0) is 6.92 Å². The van der Waals surface area contributed by atoms with E-state index in [2.05, 4.69) is 0 Å². The number of benzene rings is 1. The molecular weight excluding hydrogens is 152 g/mol. The first-order valence-electron chi connectivity index (χ1n) is 2.86. The Hall–Kier alpha value is 0.150. The predicted molar refractivity (Wildman–Crippen MR) is 45.0 cm³/mol. The molecule has 0 heterocycles. The van der Waals surface area contributed by atoms with Crippen molar-refractivity contribution in [3.05, 3.63) is 35.9 Å². The molecule has 0 aliphatic heterocycles. The van der Waals surface area contributed by atoms with Crippen LogP contribution in [0.3, 0.4) is 0 Å². The van der Waals surface area contributed by atoms with Crippen molar-refractivity contribution < 1.29 is 4.79 Å². The summed E-state index contributed by atoms with van der Waals surface area (Å²) in [5, 5.41) is 0. The van der Waals surface area contributed by atoms with Crippen molar-refractivity contribution in [2.45, 2.75) is 6.92 Å². The van der Waals surface area contributed by atoms with Crippen molar-refractivity contribution in [2.24, 2.45) is 0 Å². The third kappa shape index (κ3) is 2.82. The summed E-state index contributed by atoms with van der Waals surface area (Å²) < 4.78 is 0. The van der Waals surface area contributed by atoms with Crippen molar-refractivity contribution in [1.29, 1.82) is 0 Å². The molecule has 0 unspecified atom stereocenters. The van der Waals surface area contributed by atoms with Crippen LogP contribution in [0.1, 0.15) is 17.3 Å². The fourth-order valence-electron chi connectivity index (χ4n) is 0.673. The van der Waals surface area contributed by atoms with Crippen molar-refractivity contribution >= 4 is 43.5 Å². The molecule has 0 aliphatic carbocycles. The summed E-state index contributed by atoms with van der Waals surface area (Å²) in [4.78, 5) is 10.6. The number of ketones is 1. The Kier molecular flexibility index (Phi) is 4.96. The summed E-state index contributed by atoms with van der Waals surface area (Å²) in [6, 6.07) is 9.23.